The summed E-state index contributed by atoms with van der Waals surface area (Å²) in [6.45, 7) is 6.69. The molecule has 0 unspecified atom stereocenters. The molecule has 8 nitrogen and oxygen atoms in total. The molecule has 1 saturated heterocycles. The number of imidazole rings is 1. The van der Waals surface area contributed by atoms with E-state index in [1.54, 1.807) is 36.7 Å². The van der Waals surface area contributed by atoms with E-state index in [-0.39, 0.29) is 18.2 Å². The first-order valence-corrected chi connectivity index (χ1v) is 13.3. The number of aliphatic hydroxyl groups is 1. The highest BCUT2D eigenvalue weighted by molar-refractivity contribution is 6.33. The smallest absolute Gasteiger partial charge is 0.322 e. The van der Waals surface area contributed by atoms with Gasteiger partial charge in [0.1, 0.15) is 17.1 Å². The molecule has 4 heterocycles. The first-order valence-electron chi connectivity index (χ1n) is 12.9. The van der Waals surface area contributed by atoms with Gasteiger partial charge in [-0.1, -0.05) is 11.6 Å². The SMILES string of the molecule is Cc1ccnc(Oc2ccc(-c3cc4c(cc3F)ncc3ncn(C5(C)CCN(CCO)CC5)c34)c(Cl)c2)n1. The Morgan fingerprint density at radius 1 is 1.05 bits per heavy atom. The van der Waals surface area contributed by atoms with Crippen LogP contribution < -0.4 is 4.74 Å². The maximum atomic E-state index is 15.5. The lowest BCUT2D eigenvalue weighted by atomic mass is 9.89. The fourth-order valence-electron chi connectivity index (χ4n) is 5.33. The van der Waals surface area contributed by atoms with Crippen LogP contribution in [0.1, 0.15) is 25.5 Å². The predicted octanol–water partition coefficient (Wildman–Crippen LogP) is 5.74. The molecule has 5 aromatic rings. The van der Waals surface area contributed by atoms with Gasteiger partial charge < -0.3 is 19.3 Å². The number of pyridine rings is 1. The number of aliphatic hydroxyl groups excluding tert-OH is 1. The second-order valence-corrected chi connectivity index (χ2v) is 10.6. The van der Waals surface area contributed by atoms with E-state index in [4.69, 9.17) is 16.3 Å². The molecule has 3 aromatic heterocycles. The van der Waals surface area contributed by atoms with E-state index >= 15 is 4.39 Å². The molecule has 39 heavy (non-hydrogen) atoms. The zero-order chi connectivity index (χ0) is 27.1. The molecule has 200 valence electrons. The fraction of sp³-hybridized carbons (Fsp3) is 0.310. The van der Waals surface area contributed by atoms with Gasteiger partial charge in [-0.15, -0.1) is 0 Å². The summed E-state index contributed by atoms with van der Waals surface area (Å²) >= 11 is 6.65. The quantitative estimate of drug-likeness (QED) is 0.290. The summed E-state index contributed by atoms with van der Waals surface area (Å²) in [5, 5.41) is 10.5. The van der Waals surface area contributed by atoms with Crippen molar-refractivity contribution >= 4 is 33.5 Å². The van der Waals surface area contributed by atoms with Crippen molar-refractivity contribution < 1.29 is 14.2 Å². The summed E-state index contributed by atoms with van der Waals surface area (Å²) in [4.78, 5) is 19.8. The van der Waals surface area contributed by atoms with E-state index in [9.17, 15) is 5.11 Å². The van der Waals surface area contributed by atoms with Gasteiger partial charge in [-0.2, -0.15) is 0 Å². The Bertz CT molecular complexity index is 1680. The summed E-state index contributed by atoms with van der Waals surface area (Å²) in [6.07, 6.45) is 7.01. The number of benzene rings is 2. The monoisotopic (exact) mass is 546 g/mol. The van der Waals surface area contributed by atoms with Gasteiger partial charge in [-0.05, 0) is 51.0 Å². The lowest BCUT2D eigenvalue weighted by molar-refractivity contribution is 0.107. The van der Waals surface area contributed by atoms with Gasteiger partial charge in [0.05, 0.1) is 35.2 Å². The molecule has 0 saturated carbocycles. The summed E-state index contributed by atoms with van der Waals surface area (Å²) in [5.41, 5.74) is 3.76. The van der Waals surface area contributed by atoms with Crippen LogP contribution in [0.3, 0.4) is 0 Å². The van der Waals surface area contributed by atoms with Crippen LogP contribution in [0.5, 0.6) is 11.8 Å². The Labute approximate surface area is 230 Å². The third-order valence-electron chi connectivity index (χ3n) is 7.61. The number of hydrogen-bond acceptors (Lipinski definition) is 7. The number of piperidine rings is 1. The molecule has 1 aliphatic rings. The molecule has 1 aliphatic heterocycles. The molecule has 0 spiro atoms. The number of rotatable bonds is 6. The minimum absolute atomic E-state index is 0.157. The predicted molar refractivity (Wildman–Crippen MR) is 149 cm³/mol. The van der Waals surface area contributed by atoms with E-state index in [0.29, 0.717) is 34.0 Å². The van der Waals surface area contributed by atoms with Gasteiger partial charge in [0.15, 0.2) is 0 Å². The second-order valence-electron chi connectivity index (χ2n) is 10.2. The molecule has 2 aromatic carbocycles. The third-order valence-corrected chi connectivity index (χ3v) is 7.92. The van der Waals surface area contributed by atoms with E-state index < -0.39 is 5.82 Å². The number of nitrogens with zero attached hydrogens (tertiary/aromatic N) is 6. The molecule has 10 heteroatoms. The first kappa shape index (κ1) is 25.6. The largest absolute Gasteiger partial charge is 0.424 e. The molecule has 0 atom stereocenters. The Morgan fingerprint density at radius 2 is 1.87 bits per heavy atom. The standard InChI is InChI=1S/C29H28ClFN6O2/c1-18-5-8-32-28(35-18)39-19-3-4-20(23(30)13-19)21-14-22-25(15-24(21)31)33-16-26-27(22)37(17-34-26)29(2)6-9-36(10-7-29)11-12-38/h3-5,8,13-17,38H,6-7,9-12H2,1-2H3. The maximum absolute atomic E-state index is 15.5. The first-order chi connectivity index (χ1) is 18.8. The fourth-order valence-corrected chi connectivity index (χ4v) is 5.60. The lowest BCUT2D eigenvalue weighted by Gasteiger charge is -2.40. The molecular formula is C29H28ClFN6O2. The molecule has 0 bridgehead atoms. The van der Waals surface area contributed by atoms with Crippen molar-refractivity contribution in [3.05, 3.63) is 71.7 Å². The van der Waals surface area contributed by atoms with Crippen molar-refractivity contribution in [1.29, 1.82) is 0 Å². The minimum Gasteiger partial charge on any atom is -0.424 e. The third kappa shape index (κ3) is 4.82. The number of fused-ring (bicyclic) bond motifs is 3. The van der Waals surface area contributed by atoms with Gasteiger partial charge in [0.25, 0.3) is 0 Å². The van der Waals surface area contributed by atoms with Crippen LogP contribution in [0.15, 0.2) is 55.1 Å². The van der Waals surface area contributed by atoms with Crippen molar-refractivity contribution in [2.45, 2.75) is 32.2 Å². The normalized spacial score (nSPS) is 15.7. The van der Waals surface area contributed by atoms with Gasteiger partial charge in [-0.3, -0.25) is 4.98 Å². The molecule has 0 amide bonds. The molecule has 0 aliphatic carbocycles. The Morgan fingerprint density at radius 3 is 2.62 bits per heavy atom. The van der Waals surface area contributed by atoms with Crippen LogP contribution >= 0.6 is 11.6 Å². The maximum Gasteiger partial charge on any atom is 0.322 e. The Balaban J connectivity index is 1.40. The van der Waals surface area contributed by atoms with E-state index in [2.05, 4.69) is 36.3 Å². The number of likely N-dealkylation sites (tertiary alicyclic amines) is 1. The average molecular weight is 547 g/mol. The molecule has 1 N–H and O–H groups in total. The summed E-state index contributed by atoms with van der Waals surface area (Å²) < 4.78 is 23.4. The van der Waals surface area contributed by atoms with E-state index in [1.165, 1.54) is 6.07 Å². The van der Waals surface area contributed by atoms with Gasteiger partial charge >= 0.3 is 6.01 Å². The van der Waals surface area contributed by atoms with Crippen molar-refractivity contribution in [1.82, 2.24) is 29.4 Å². The van der Waals surface area contributed by atoms with E-state index in [0.717, 1.165) is 48.0 Å². The Kier molecular flexibility index (Phi) is 6.66. The summed E-state index contributed by atoms with van der Waals surface area (Å²) in [5.74, 6) is 0.0414. The van der Waals surface area contributed by atoms with Crippen LogP contribution in [-0.2, 0) is 5.54 Å². The molecule has 0 radical (unpaired) electrons. The number of hydrogen-bond donors (Lipinski definition) is 1. The number of β-amino-alcohol motifs (C(OH)–C–C–N with tert-alkyl or cyclic N) is 1. The number of ether oxygens (including phenoxy) is 1. The highest BCUT2D eigenvalue weighted by Gasteiger charge is 2.33. The van der Waals surface area contributed by atoms with Gasteiger partial charge in [0.2, 0.25) is 0 Å². The highest BCUT2D eigenvalue weighted by atomic mass is 35.5. The number of aromatic nitrogens is 5. The summed E-state index contributed by atoms with van der Waals surface area (Å²) in [6, 6.07) is 10.4. The topological polar surface area (TPSA) is 89.2 Å². The van der Waals surface area contributed by atoms with Gasteiger partial charge in [-0.25, -0.2) is 19.3 Å². The van der Waals surface area contributed by atoms with Crippen molar-refractivity contribution in [2.75, 3.05) is 26.2 Å². The van der Waals surface area contributed by atoms with Crippen LogP contribution in [0.4, 0.5) is 4.39 Å². The minimum atomic E-state index is -0.415. The number of aryl methyl sites for hydroxylation is 1. The lowest BCUT2D eigenvalue weighted by Crippen LogP contribution is -2.44. The highest BCUT2D eigenvalue weighted by Crippen LogP contribution is 2.39. The van der Waals surface area contributed by atoms with Crippen LogP contribution in [-0.4, -0.2) is 60.8 Å². The second kappa shape index (κ2) is 10.1. The van der Waals surface area contributed by atoms with Crippen LogP contribution in [0.25, 0.3) is 33.1 Å². The average Bonchev–Trinajstić information content (AvgIpc) is 3.36. The summed E-state index contributed by atoms with van der Waals surface area (Å²) in [7, 11) is 0. The van der Waals surface area contributed by atoms with Crippen LogP contribution in [0.2, 0.25) is 5.02 Å². The molecule has 6 rings (SSSR count). The van der Waals surface area contributed by atoms with E-state index in [1.807, 2.05) is 19.3 Å². The van der Waals surface area contributed by atoms with Crippen molar-refractivity contribution in [2.24, 2.45) is 0 Å². The zero-order valence-corrected chi connectivity index (χ0v) is 22.5. The van der Waals surface area contributed by atoms with Crippen molar-refractivity contribution in [3.8, 4) is 22.9 Å². The van der Waals surface area contributed by atoms with Crippen LogP contribution in [0, 0.1) is 12.7 Å². The molecule has 1 fully saturated rings. The zero-order valence-electron chi connectivity index (χ0n) is 21.7. The van der Waals surface area contributed by atoms with Gasteiger partial charge in [0, 0.05) is 65.7 Å². The Hall–Kier alpha value is -3.66. The number of halogens is 2. The van der Waals surface area contributed by atoms with Crippen molar-refractivity contribution in [3.63, 3.8) is 0 Å². The molecular weight excluding hydrogens is 519 g/mol.